The molecule has 2 fully saturated rings. The molecule has 2 saturated heterocycles. The average Bonchev–Trinajstić information content (AvgIpc) is 3.83. The highest BCUT2D eigenvalue weighted by atomic mass is 19.1. The van der Waals surface area contributed by atoms with Crippen LogP contribution in [0.3, 0.4) is 0 Å². The van der Waals surface area contributed by atoms with E-state index in [4.69, 9.17) is 20.9 Å². The Morgan fingerprint density at radius 2 is 1.33 bits per heavy atom. The van der Waals surface area contributed by atoms with Crippen molar-refractivity contribution < 1.29 is 18.3 Å². The average molecular weight is 617 g/mol. The van der Waals surface area contributed by atoms with Crippen molar-refractivity contribution in [1.29, 1.82) is 0 Å². The predicted molar refractivity (Wildman–Crippen MR) is 167 cm³/mol. The van der Waals surface area contributed by atoms with Crippen molar-refractivity contribution in [2.45, 2.75) is 37.8 Å². The number of nitrogens with zero attached hydrogens (tertiary/aromatic N) is 7. The number of hydrogen-bond donors (Lipinski definition) is 3. The number of aromatic nitrogens is 6. The van der Waals surface area contributed by atoms with Gasteiger partial charge >= 0.3 is 0 Å². The smallest absolute Gasteiger partial charge is 0.218 e. The Balaban J connectivity index is 0.000000159. The Labute approximate surface area is 258 Å². The summed E-state index contributed by atoms with van der Waals surface area (Å²) in [6.07, 6.45) is 7.70. The minimum Gasteiger partial charge on any atom is -0.481 e. The molecule has 0 bridgehead atoms. The zero-order valence-electron chi connectivity index (χ0n) is 25.0. The number of H-pyrrole nitrogens is 1. The summed E-state index contributed by atoms with van der Waals surface area (Å²) in [5.41, 5.74) is 15.0. The number of aromatic amines is 1. The van der Waals surface area contributed by atoms with Crippen LogP contribution in [0.4, 0.5) is 31.9 Å². The van der Waals surface area contributed by atoms with Crippen LogP contribution in [-0.2, 0) is 0 Å². The second-order valence-electron chi connectivity index (χ2n) is 10.8. The maximum Gasteiger partial charge on any atom is 0.218 e. The maximum absolute atomic E-state index is 13.7. The van der Waals surface area contributed by atoms with E-state index in [0.29, 0.717) is 28.9 Å². The third-order valence-corrected chi connectivity index (χ3v) is 8.10. The molecule has 0 saturated carbocycles. The van der Waals surface area contributed by atoms with E-state index in [1.807, 2.05) is 18.2 Å². The first-order valence-corrected chi connectivity index (χ1v) is 14.6. The number of methoxy groups -OCH3 is 2. The summed E-state index contributed by atoms with van der Waals surface area (Å²) in [6, 6.07) is 10.4. The summed E-state index contributed by atoms with van der Waals surface area (Å²) in [5.74, 6) is 2.01. The summed E-state index contributed by atoms with van der Waals surface area (Å²) in [4.78, 5) is 28.5. The maximum atomic E-state index is 13.7. The predicted octanol–water partition coefficient (Wildman–Crippen LogP) is 4.97. The summed E-state index contributed by atoms with van der Waals surface area (Å²) in [7, 11) is 3.08. The minimum absolute atomic E-state index is 0.00274. The summed E-state index contributed by atoms with van der Waals surface area (Å²) in [5, 5.41) is 0. The van der Waals surface area contributed by atoms with E-state index >= 15 is 0 Å². The van der Waals surface area contributed by atoms with Crippen molar-refractivity contribution in [1.82, 2.24) is 29.9 Å². The molecule has 2 aliphatic heterocycles. The molecule has 7 heterocycles. The van der Waals surface area contributed by atoms with Crippen LogP contribution in [0.15, 0.2) is 55.1 Å². The highest BCUT2D eigenvalue weighted by molar-refractivity contribution is 5.72. The number of pyridine rings is 4. The lowest BCUT2D eigenvalue weighted by molar-refractivity contribution is 0.385. The van der Waals surface area contributed by atoms with E-state index in [1.54, 1.807) is 19.5 Å². The van der Waals surface area contributed by atoms with E-state index < -0.39 is 0 Å². The molecule has 5 aromatic heterocycles. The molecule has 0 aromatic carbocycles. The fraction of sp³-hybridized carbons (Fsp3) is 0.323. The van der Waals surface area contributed by atoms with Crippen LogP contribution >= 0.6 is 0 Å². The molecule has 2 aliphatic rings. The van der Waals surface area contributed by atoms with Crippen LogP contribution < -0.4 is 30.7 Å². The molecule has 234 valence electrons. The third kappa shape index (κ3) is 6.08. The monoisotopic (exact) mass is 616 g/mol. The second-order valence-corrected chi connectivity index (χ2v) is 10.8. The van der Waals surface area contributed by atoms with E-state index in [2.05, 4.69) is 39.7 Å². The molecule has 0 unspecified atom stereocenters. The van der Waals surface area contributed by atoms with Crippen LogP contribution in [0.1, 0.15) is 48.9 Å². The number of halogens is 2. The van der Waals surface area contributed by atoms with Crippen molar-refractivity contribution in [3.05, 3.63) is 77.9 Å². The zero-order chi connectivity index (χ0) is 31.5. The first kappa shape index (κ1) is 29.8. The number of nitrogens with two attached hydrogens (primary N) is 2. The molecule has 0 spiro atoms. The van der Waals surface area contributed by atoms with Crippen molar-refractivity contribution in [2.24, 2.45) is 0 Å². The number of nitrogen functional groups attached to an aromatic ring is 2. The number of anilines is 4. The van der Waals surface area contributed by atoms with Gasteiger partial charge in [0.25, 0.3) is 0 Å². The number of rotatable bonds is 6. The minimum atomic E-state index is -0.382. The summed E-state index contributed by atoms with van der Waals surface area (Å²) < 4.78 is 37.8. The standard InChI is InChI=1S/C16H16FN5O.C15H18FN5O/c1-23-16-11(7-10(17)8-18-16)13-3-2-6-22(13)14-5-4-12-15(21-14)20-9-19-12;1-22-15-10(7-9(16)8-19-15)12-3-2-6-21(12)13-5-4-11(17)14(18)20-13/h4-5,7-9,13H,2-3,6H2,1H3,(H,19,20,21);4-5,7-8,12H,2-3,6,17H2,1H3,(H2,18,20)/t13-;12-/m11/s1. The Hall–Kier alpha value is -5.27. The van der Waals surface area contributed by atoms with Crippen molar-refractivity contribution in [2.75, 3.05) is 48.6 Å². The number of hydrogen-bond acceptors (Lipinski definition) is 11. The SMILES string of the molecule is COc1ncc(F)cc1[C@H]1CCCN1c1ccc(N)c(N)n1.COc1ncc(F)cc1[C@H]1CCCN1c1ccc2[nH]cnc2n1. The van der Waals surface area contributed by atoms with Crippen LogP contribution in [-0.4, -0.2) is 57.2 Å². The molecular formula is C31H34F2N10O2. The van der Waals surface area contributed by atoms with Gasteiger partial charge in [-0.25, -0.2) is 33.7 Å². The fourth-order valence-corrected chi connectivity index (χ4v) is 6.04. The number of imidazole rings is 1. The van der Waals surface area contributed by atoms with E-state index in [9.17, 15) is 8.78 Å². The van der Waals surface area contributed by atoms with E-state index in [-0.39, 0.29) is 23.7 Å². The molecule has 0 aliphatic carbocycles. The van der Waals surface area contributed by atoms with Gasteiger partial charge in [0, 0.05) is 24.2 Å². The third-order valence-electron chi connectivity index (χ3n) is 8.10. The Bertz CT molecular complexity index is 1800. The fourth-order valence-electron chi connectivity index (χ4n) is 6.04. The highest BCUT2D eigenvalue weighted by Crippen LogP contribution is 2.40. The number of fused-ring (bicyclic) bond motifs is 1. The van der Waals surface area contributed by atoms with Gasteiger partial charge in [-0.2, -0.15) is 0 Å². The van der Waals surface area contributed by atoms with Crippen molar-refractivity contribution in [3.8, 4) is 11.8 Å². The lowest BCUT2D eigenvalue weighted by Gasteiger charge is -2.27. The molecule has 12 nitrogen and oxygen atoms in total. The lowest BCUT2D eigenvalue weighted by atomic mass is 10.1. The molecule has 5 aromatic rings. The van der Waals surface area contributed by atoms with Gasteiger partial charge in [-0.05, 0) is 62.1 Å². The van der Waals surface area contributed by atoms with Crippen molar-refractivity contribution in [3.63, 3.8) is 0 Å². The van der Waals surface area contributed by atoms with Crippen LogP contribution in [0, 0.1) is 11.6 Å². The molecule has 5 N–H and O–H groups in total. The lowest BCUT2D eigenvalue weighted by Crippen LogP contribution is -2.24. The van der Waals surface area contributed by atoms with Gasteiger partial charge in [-0.1, -0.05) is 0 Å². The van der Waals surface area contributed by atoms with Gasteiger partial charge in [0.15, 0.2) is 5.65 Å². The second kappa shape index (κ2) is 12.8. The van der Waals surface area contributed by atoms with Gasteiger partial charge in [0.1, 0.15) is 29.1 Å². The Kier molecular flexibility index (Phi) is 8.45. The molecule has 2 atom stereocenters. The normalized spacial score (nSPS) is 17.8. The highest BCUT2D eigenvalue weighted by Gasteiger charge is 2.32. The first-order chi connectivity index (χ1) is 21.9. The molecular weight excluding hydrogens is 582 g/mol. The first-order valence-electron chi connectivity index (χ1n) is 14.6. The van der Waals surface area contributed by atoms with Gasteiger partial charge in [0.05, 0.1) is 56.2 Å². The molecule has 14 heteroatoms. The van der Waals surface area contributed by atoms with Crippen LogP contribution in [0.2, 0.25) is 0 Å². The van der Waals surface area contributed by atoms with Crippen LogP contribution in [0.25, 0.3) is 11.2 Å². The number of ether oxygens (including phenoxy) is 2. The molecule has 0 amide bonds. The van der Waals surface area contributed by atoms with Crippen molar-refractivity contribution >= 4 is 34.3 Å². The molecule has 7 rings (SSSR count). The van der Waals surface area contributed by atoms with Gasteiger partial charge in [-0.15, -0.1) is 0 Å². The zero-order valence-corrected chi connectivity index (χ0v) is 25.0. The Morgan fingerprint density at radius 3 is 1.89 bits per heavy atom. The van der Waals surface area contributed by atoms with E-state index in [1.165, 1.54) is 25.4 Å². The largest absolute Gasteiger partial charge is 0.481 e. The summed E-state index contributed by atoms with van der Waals surface area (Å²) >= 11 is 0. The summed E-state index contributed by atoms with van der Waals surface area (Å²) in [6.45, 7) is 1.66. The quantitative estimate of drug-likeness (QED) is 0.237. The van der Waals surface area contributed by atoms with Gasteiger partial charge in [0.2, 0.25) is 11.8 Å². The molecule has 45 heavy (non-hydrogen) atoms. The Morgan fingerprint density at radius 1 is 0.778 bits per heavy atom. The molecule has 0 radical (unpaired) electrons. The number of nitrogens with one attached hydrogen (secondary N) is 1. The van der Waals surface area contributed by atoms with Gasteiger partial charge < -0.3 is 35.7 Å². The van der Waals surface area contributed by atoms with E-state index in [0.717, 1.165) is 73.2 Å². The van der Waals surface area contributed by atoms with Crippen LogP contribution in [0.5, 0.6) is 11.8 Å². The van der Waals surface area contributed by atoms with Gasteiger partial charge in [-0.3, -0.25) is 0 Å². The topological polar surface area (TPSA) is 157 Å².